The molecule has 0 bridgehead atoms. The number of halogens is 1. The Morgan fingerprint density at radius 1 is 1.13 bits per heavy atom. The minimum Gasteiger partial charge on any atom is -0.382 e. The third kappa shape index (κ3) is 1.99. The maximum atomic E-state index is 5.83. The van der Waals surface area contributed by atoms with Gasteiger partial charge in [0, 0.05) is 5.56 Å². The van der Waals surface area contributed by atoms with Crippen molar-refractivity contribution in [2.45, 2.75) is 6.92 Å². The molecule has 0 radical (unpaired) electrons. The fourth-order valence-electron chi connectivity index (χ4n) is 1.32. The van der Waals surface area contributed by atoms with Gasteiger partial charge in [0.2, 0.25) is 0 Å². The van der Waals surface area contributed by atoms with E-state index in [1.807, 2.05) is 37.3 Å². The van der Waals surface area contributed by atoms with Crippen LogP contribution >= 0.6 is 15.9 Å². The number of nitrogens with zero attached hydrogens (tertiary/aromatic N) is 2. The quantitative estimate of drug-likeness (QED) is 0.861. The van der Waals surface area contributed by atoms with Gasteiger partial charge in [0.15, 0.2) is 0 Å². The highest BCUT2D eigenvalue weighted by molar-refractivity contribution is 9.10. The summed E-state index contributed by atoms with van der Waals surface area (Å²) >= 11 is 3.35. The first-order chi connectivity index (χ1) is 7.18. The number of nitrogens with two attached hydrogens (primary N) is 1. The third-order valence-electron chi connectivity index (χ3n) is 2.09. The van der Waals surface area contributed by atoms with Gasteiger partial charge >= 0.3 is 0 Å². The first-order valence-electron chi connectivity index (χ1n) is 4.53. The zero-order chi connectivity index (χ0) is 10.8. The second-order valence-corrected chi connectivity index (χ2v) is 3.95. The molecule has 1 aromatic carbocycles. The molecule has 76 valence electrons. The number of benzene rings is 1. The predicted molar refractivity (Wildman–Crippen MR) is 64.3 cm³/mol. The van der Waals surface area contributed by atoms with E-state index < -0.39 is 0 Å². The molecule has 2 rings (SSSR count). The fourth-order valence-corrected chi connectivity index (χ4v) is 1.59. The van der Waals surface area contributed by atoms with Crippen molar-refractivity contribution in [3.8, 4) is 11.3 Å². The van der Waals surface area contributed by atoms with E-state index in [-0.39, 0.29) is 0 Å². The summed E-state index contributed by atoms with van der Waals surface area (Å²) in [5, 5.41) is 0. The molecule has 0 saturated carbocycles. The van der Waals surface area contributed by atoms with Gasteiger partial charge in [0.1, 0.15) is 16.1 Å². The Morgan fingerprint density at radius 2 is 1.80 bits per heavy atom. The lowest BCUT2D eigenvalue weighted by Crippen LogP contribution is -2.00. The number of rotatable bonds is 1. The van der Waals surface area contributed by atoms with Crippen molar-refractivity contribution in [3.63, 3.8) is 0 Å². The SMILES string of the molecule is Cc1nc(N)c(-c2ccccc2)nc1Br. The summed E-state index contributed by atoms with van der Waals surface area (Å²) in [6.45, 7) is 1.86. The molecule has 0 spiro atoms. The van der Waals surface area contributed by atoms with Crippen molar-refractivity contribution in [2.24, 2.45) is 0 Å². The summed E-state index contributed by atoms with van der Waals surface area (Å²) in [5.41, 5.74) is 8.32. The molecule has 1 heterocycles. The Labute approximate surface area is 96.5 Å². The molecule has 2 N–H and O–H groups in total. The molecule has 0 aliphatic heterocycles. The summed E-state index contributed by atoms with van der Waals surface area (Å²) in [6.07, 6.45) is 0. The maximum absolute atomic E-state index is 5.83. The molecule has 0 amide bonds. The Kier molecular flexibility index (Phi) is 2.68. The monoisotopic (exact) mass is 263 g/mol. The summed E-state index contributed by atoms with van der Waals surface area (Å²) in [5.74, 6) is 0.460. The van der Waals surface area contributed by atoms with Crippen LogP contribution in [0.4, 0.5) is 5.82 Å². The smallest absolute Gasteiger partial charge is 0.150 e. The normalized spacial score (nSPS) is 10.3. The average Bonchev–Trinajstić information content (AvgIpc) is 2.25. The van der Waals surface area contributed by atoms with Gasteiger partial charge in [-0.25, -0.2) is 9.97 Å². The van der Waals surface area contributed by atoms with Crippen molar-refractivity contribution in [2.75, 3.05) is 5.73 Å². The van der Waals surface area contributed by atoms with Crippen molar-refractivity contribution in [1.29, 1.82) is 0 Å². The maximum Gasteiger partial charge on any atom is 0.150 e. The Balaban J connectivity index is 2.59. The standard InChI is InChI=1S/C11H10BrN3/c1-7-10(12)15-9(11(13)14-7)8-5-3-2-4-6-8/h2-6H,1H3,(H2,13,14). The molecular weight excluding hydrogens is 254 g/mol. The Bertz CT molecular complexity index is 483. The van der Waals surface area contributed by atoms with Crippen LogP contribution in [0.15, 0.2) is 34.9 Å². The van der Waals surface area contributed by atoms with Crippen molar-refractivity contribution < 1.29 is 0 Å². The summed E-state index contributed by atoms with van der Waals surface area (Å²) < 4.78 is 0.732. The van der Waals surface area contributed by atoms with Crippen LogP contribution in [0.25, 0.3) is 11.3 Å². The van der Waals surface area contributed by atoms with E-state index in [9.17, 15) is 0 Å². The van der Waals surface area contributed by atoms with Crippen molar-refractivity contribution in [3.05, 3.63) is 40.6 Å². The summed E-state index contributed by atoms with van der Waals surface area (Å²) in [6, 6.07) is 9.77. The van der Waals surface area contributed by atoms with Gasteiger partial charge in [-0.3, -0.25) is 0 Å². The largest absolute Gasteiger partial charge is 0.382 e. The minimum absolute atomic E-state index is 0.460. The van der Waals surface area contributed by atoms with E-state index >= 15 is 0 Å². The molecule has 0 atom stereocenters. The number of aromatic nitrogens is 2. The fraction of sp³-hybridized carbons (Fsp3) is 0.0909. The van der Waals surface area contributed by atoms with Gasteiger partial charge in [0.25, 0.3) is 0 Å². The predicted octanol–water partition coefficient (Wildman–Crippen LogP) is 2.80. The molecule has 15 heavy (non-hydrogen) atoms. The van der Waals surface area contributed by atoms with Gasteiger partial charge in [-0.2, -0.15) is 0 Å². The van der Waals surface area contributed by atoms with Gasteiger partial charge in [0.05, 0.1) is 5.69 Å². The van der Waals surface area contributed by atoms with E-state index in [2.05, 4.69) is 25.9 Å². The molecule has 1 aromatic heterocycles. The van der Waals surface area contributed by atoms with Crippen molar-refractivity contribution in [1.82, 2.24) is 9.97 Å². The topological polar surface area (TPSA) is 51.8 Å². The lowest BCUT2D eigenvalue weighted by atomic mass is 10.1. The number of hydrogen-bond donors (Lipinski definition) is 1. The zero-order valence-corrected chi connectivity index (χ0v) is 9.82. The van der Waals surface area contributed by atoms with Crippen LogP contribution in [0.2, 0.25) is 0 Å². The lowest BCUT2D eigenvalue weighted by Gasteiger charge is -2.06. The number of aryl methyl sites for hydroxylation is 1. The van der Waals surface area contributed by atoms with Crippen LogP contribution in [0, 0.1) is 6.92 Å². The first kappa shape index (κ1) is 10.1. The number of anilines is 1. The second-order valence-electron chi connectivity index (χ2n) is 3.20. The summed E-state index contributed by atoms with van der Waals surface area (Å²) in [4.78, 5) is 8.59. The van der Waals surface area contributed by atoms with Gasteiger partial charge in [-0.1, -0.05) is 30.3 Å². The Hall–Kier alpha value is -1.42. The van der Waals surface area contributed by atoms with E-state index in [1.165, 1.54) is 0 Å². The molecular formula is C11H10BrN3. The first-order valence-corrected chi connectivity index (χ1v) is 5.33. The van der Waals surface area contributed by atoms with Crippen LogP contribution in [0.3, 0.4) is 0 Å². The second kappa shape index (κ2) is 3.98. The van der Waals surface area contributed by atoms with Crippen LogP contribution in [-0.4, -0.2) is 9.97 Å². The zero-order valence-electron chi connectivity index (χ0n) is 8.24. The third-order valence-corrected chi connectivity index (χ3v) is 2.84. The van der Waals surface area contributed by atoms with E-state index in [0.29, 0.717) is 11.5 Å². The molecule has 0 aliphatic rings. The van der Waals surface area contributed by atoms with Crippen LogP contribution in [0.5, 0.6) is 0 Å². The highest BCUT2D eigenvalue weighted by atomic mass is 79.9. The lowest BCUT2D eigenvalue weighted by molar-refractivity contribution is 1.10. The summed E-state index contributed by atoms with van der Waals surface area (Å²) in [7, 11) is 0. The van der Waals surface area contributed by atoms with E-state index in [4.69, 9.17) is 5.73 Å². The van der Waals surface area contributed by atoms with Gasteiger partial charge in [-0.15, -0.1) is 0 Å². The molecule has 4 heteroatoms. The highest BCUT2D eigenvalue weighted by Gasteiger charge is 2.08. The average molecular weight is 264 g/mol. The van der Waals surface area contributed by atoms with E-state index in [1.54, 1.807) is 0 Å². The highest BCUT2D eigenvalue weighted by Crippen LogP contribution is 2.24. The molecule has 3 nitrogen and oxygen atoms in total. The van der Waals surface area contributed by atoms with Gasteiger partial charge in [-0.05, 0) is 22.9 Å². The molecule has 2 aromatic rings. The molecule has 0 unspecified atom stereocenters. The number of nitrogen functional groups attached to an aromatic ring is 1. The van der Waals surface area contributed by atoms with E-state index in [0.717, 1.165) is 15.9 Å². The Morgan fingerprint density at radius 3 is 2.47 bits per heavy atom. The van der Waals surface area contributed by atoms with Crippen LogP contribution in [-0.2, 0) is 0 Å². The number of hydrogen-bond acceptors (Lipinski definition) is 3. The van der Waals surface area contributed by atoms with Crippen LogP contribution < -0.4 is 5.73 Å². The molecule has 0 saturated heterocycles. The minimum atomic E-state index is 0.460. The van der Waals surface area contributed by atoms with Crippen molar-refractivity contribution >= 4 is 21.7 Å². The van der Waals surface area contributed by atoms with Crippen LogP contribution in [0.1, 0.15) is 5.69 Å². The molecule has 0 aliphatic carbocycles. The molecule has 0 fully saturated rings. The van der Waals surface area contributed by atoms with Gasteiger partial charge < -0.3 is 5.73 Å².